The highest BCUT2D eigenvalue weighted by Gasteiger charge is 2.21. The van der Waals surface area contributed by atoms with Gasteiger partial charge < -0.3 is 13.3 Å². The third-order valence-corrected chi connectivity index (χ3v) is 12.1. The van der Waals surface area contributed by atoms with E-state index in [1.54, 1.807) is 0 Å². The van der Waals surface area contributed by atoms with Crippen molar-refractivity contribution in [3.05, 3.63) is 200 Å². The first-order valence-electron chi connectivity index (χ1n) is 21.0. The minimum absolute atomic E-state index is 0.598. The topological polar surface area (TPSA) is 78.1 Å². The highest BCUT2D eigenvalue weighted by molar-refractivity contribution is 6.17. The van der Waals surface area contributed by atoms with Gasteiger partial charge in [0.05, 0.1) is 0 Å². The molecule has 0 saturated carbocycles. The molecule has 13 aromatic rings. The molecule has 294 valence electrons. The van der Waals surface area contributed by atoms with Crippen molar-refractivity contribution in [2.45, 2.75) is 0 Å². The molecule has 6 heteroatoms. The van der Waals surface area contributed by atoms with E-state index in [1.807, 2.05) is 91.0 Å². The van der Waals surface area contributed by atoms with Crippen LogP contribution in [0.25, 0.3) is 133 Å². The van der Waals surface area contributed by atoms with Crippen LogP contribution < -0.4 is 0 Å². The Hall–Kier alpha value is -8.61. The molecule has 0 N–H and O–H groups in total. The average molecular weight is 808 g/mol. The highest BCUT2D eigenvalue weighted by atomic mass is 16.3. The van der Waals surface area contributed by atoms with Crippen LogP contribution in [-0.4, -0.2) is 15.0 Å². The Morgan fingerprint density at radius 2 is 0.746 bits per heavy atom. The van der Waals surface area contributed by atoms with E-state index in [9.17, 15) is 0 Å². The van der Waals surface area contributed by atoms with Crippen LogP contribution in [0.1, 0.15) is 0 Å². The van der Waals surface area contributed by atoms with Crippen LogP contribution in [0.15, 0.2) is 213 Å². The van der Waals surface area contributed by atoms with E-state index >= 15 is 0 Å². The standard InChI is InChI=1S/C57H33N3O3/c1-3-13-34(14-4-1)55-58-56(35-15-5-2-6-16-35)60-57(59-55)39-18-11-17-37(29-39)41-21-12-24-50-53(41)47-31-40(36-25-27-44-42-19-7-9-22-48(42)61-51(44)32-36)30-46(54(47)63-50)38-26-28-45-43-20-8-10-23-49(43)62-52(45)33-38/h1-33H. The zero-order chi connectivity index (χ0) is 41.4. The lowest BCUT2D eigenvalue weighted by Crippen LogP contribution is -2.00. The second kappa shape index (κ2) is 14.0. The number of fused-ring (bicyclic) bond motifs is 9. The number of rotatable bonds is 6. The van der Waals surface area contributed by atoms with Gasteiger partial charge >= 0.3 is 0 Å². The number of benzene rings is 9. The molecule has 0 aliphatic rings. The second-order valence-corrected chi connectivity index (χ2v) is 15.9. The molecule has 6 nitrogen and oxygen atoms in total. The van der Waals surface area contributed by atoms with Crippen LogP contribution in [0.4, 0.5) is 0 Å². The fourth-order valence-corrected chi connectivity index (χ4v) is 9.11. The van der Waals surface area contributed by atoms with Gasteiger partial charge in [-0.1, -0.05) is 140 Å². The second-order valence-electron chi connectivity index (χ2n) is 15.9. The highest BCUT2D eigenvalue weighted by Crippen LogP contribution is 2.45. The van der Waals surface area contributed by atoms with Crippen molar-refractivity contribution in [1.29, 1.82) is 0 Å². The quantitative estimate of drug-likeness (QED) is 0.166. The first-order valence-corrected chi connectivity index (χ1v) is 21.0. The molecule has 63 heavy (non-hydrogen) atoms. The van der Waals surface area contributed by atoms with E-state index in [0.717, 1.165) is 116 Å². The maximum atomic E-state index is 6.93. The third kappa shape index (κ3) is 5.84. The molecule has 0 saturated heterocycles. The van der Waals surface area contributed by atoms with Gasteiger partial charge in [0, 0.05) is 54.6 Å². The molecule has 4 heterocycles. The molecule has 0 bridgehead atoms. The van der Waals surface area contributed by atoms with Gasteiger partial charge in [0.2, 0.25) is 0 Å². The summed E-state index contributed by atoms with van der Waals surface area (Å²) < 4.78 is 19.7. The first-order chi connectivity index (χ1) is 31.2. The maximum Gasteiger partial charge on any atom is 0.164 e. The first kappa shape index (κ1) is 35.2. The summed E-state index contributed by atoms with van der Waals surface area (Å²) in [6, 6.07) is 68.7. The Labute approximate surface area is 360 Å². The van der Waals surface area contributed by atoms with Gasteiger partial charge in [-0.15, -0.1) is 0 Å². The normalized spacial score (nSPS) is 11.8. The summed E-state index contributed by atoms with van der Waals surface area (Å²) in [5.74, 6) is 1.84. The van der Waals surface area contributed by atoms with Gasteiger partial charge in [0.1, 0.15) is 33.5 Å². The largest absolute Gasteiger partial charge is 0.456 e. The van der Waals surface area contributed by atoms with Gasteiger partial charge in [0.25, 0.3) is 0 Å². The molecule has 0 atom stereocenters. The van der Waals surface area contributed by atoms with E-state index in [0.29, 0.717) is 17.5 Å². The van der Waals surface area contributed by atoms with E-state index in [-0.39, 0.29) is 0 Å². The molecule has 0 fully saturated rings. The van der Waals surface area contributed by atoms with Crippen LogP contribution in [0.3, 0.4) is 0 Å². The van der Waals surface area contributed by atoms with Gasteiger partial charge in [0.15, 0.2) is 17.5 Å². The van der Waals surface area contributed by atoms with Crippen molar-refractivity contribution in [2.75, 3.05) is 0 Å². The van der Waals surface area contributed by atoms with Gasteiger partial charge in [-0.05, 0) is 88.5 Å². The number of hydrogen-bond acceptors (Lipinski definition) is 6. The van der Waals surface area contributed by atoms with Crippen LogP contribution >= 0.6 is 0 Å². The number of furan rings is 3. The summed E-state index contributed by atoms with van der Waals surface area (Å²) in [4.78, 5) is 15.0. The minimum Gasteiger partial charge on any atom is -0.456 e. The van der Waals surface area contributed by atoms with E-state index < -0.39 is 0 Å². The van der Waals surface area contributed by atoms with E-state index in [1.165, 1.54) is 0 Å². The number of para-hydroxylation sites is 2. The van der Waals surface area contributed by atoms with Crippen LogP contribution in [-0.2, 0) is 0 Å². The summed E-state index contributed by atoms with van der Waals surface area (Å²) in [6.45, 7) is 0. The molecule has 0 unspecified atom stereocenters. The molecule has 0 radical (unpaired) electrons. The third-order valence-electron chi connectivity index (χ3n) is 12.1. The Morgan fingerprint density at radius 1 is 0.254 bits per heavy atom. The Morgan fingerprint density at radius 3 is 1.41 bits per heavy atom. The van der Waals surface area contributed by atoms with Gasteiger partial charge in [-0.2, -0.15) is 0 Å². The van der Waals surface area contributed by atoms with E-state index in [2.05, 4.69) is 109 Å². The van der Waals surface area contributed by atoms with Gasteiger partial charge in [-0.25, -0.2) is 15.0 Å². The molecule has 4 aromatic heterocycles. The summed E-state index contributed by atoms with van der Waals surface area (Å²) in [7, 11) is 0. The summed E-state index contributed by atoms with van der Waals surface area (Å²) in [6.07, 6.45) is 0. The molecular weight excluding hydrogens is 775 g/mol. The predicted molar refractivity (Wildman–Crippen MR) is 254 cm³/mol. The van der Waals surface area contributed by atoms with Crippen LogP contribution in [0.5, 0.6) is 0 Å². The summed E-state index contributed by atoms with van der Waals surface area (Å²) >= 11 is 0. The lowest BCUT2D eigenvalue weighted by atomic mass is 9.92. The number of nitrogens with zero attached hydrogens (tertiary/aromatic N) is 3. The average Bonchev–Trinajstić information content (AvgIpc) is 4.05. The molecule has 0 spiro atoms. The molecule has 9 aromatic carbocycles. The predicted octanol–water partition coefficient (Wildman–Crippen LogP) is 15.6. The lowest BCUT2D eigenvalue weighted by Gasteiger charge is -2.11. The van der Waals surface area contributed by atoms with Crippen molar-refractivity contribution in [3.8, 4) is 67.5 Å². The molecular formula is C57H33N3O3. The van der Waals surface area contributed by atoms with Crippen molar-refractivity contribution < 1.29 is 13.3 Å². The van der Waals surface area contributed by atoms with Gasteiger partial charge in [-0.3, -0.25) is 0 Å². The van der Waals surface area contributed by atoms with Crippen molar-refractivity contribution >= 4 is 65.8 Å². The number of hydrogen-bond donors (Lipinski definition) is 0. The fourth-order valence-electron chi connectivity index (χ4n) is 9.11. The molecule has 13 rings (SSSR count). The fraction of sp³-hybridized carbons (Fsp3) is 0. The zero-order valence-electron chi connectivity index (χ0n) is 33.6. The van der Waals surface area contributed by atoms with Crippen molar-refractivity contribution in [3.63, 3.8) is 0 Å². The van der Waals surface area contributed by atoms with Crippen molar-refractivity contribution in [2.24, 2.45) is 0 Å². The Kier molecular flexibility index (Phi) is 7.80. The Balaban J connectivity index is 1.02. The summed E-state index contributed by atoms with van der Waals surface area (Å²) in [5.41, 5.74) is 13.9. The minimum atomic E-state index is 0.598. The van der Waals surface area contributed by atoms with Crippen LogP contribution in [0, 0.1) is 0 Å². The monoisotopic (exact) mass is 807 g/mol. The maximum absolute atomic E-state index is 6.93. The van der Waals surface area contributed by atoms with E-state index in [4.69, 9.17) is 28.2 Å². The molecule has 0 amide bonds. The molecule has 0 aliphatic carbocycles. The summed E-state index contributed by atoms with van der Waals surface area (Å²) in [5, 5.41) is 6.39. The SMILES string of the molecule is c1ccc(-c2nc(-c3ccccc3)nc(-c3cccc(-c4cccc5oc6c(-c7ccc8c(c7)oc7ccccc78)cc(-c7ccc8c(c7)oc7ccccc78)cc6c45)c3)n2)cc1. The molecule has 0 aliphatic heterocycles. The Bertz CT molecular complexity index is 3860. The zero-order valence-corrected chi connectivity index (χ0v) is 33.6. The smallest absolute Gasteiger partial charge is 0.164 e. The number of aromatic nitrogens is 3. The van der Waals surface area contributed by atoms with Crippen molar-refractivity contribution in [1.82, 2.24) is 15.0 Å². The van der Waals surface area contributed by atoms with Crippen LogP contribution in [0.2, 0.25) is 0 Å². The lowest BCUT2D eigenvalue weighted by molar-refractivity contribution is 0.668.